The van der Waals surface area contributed by atoms with Gasteiger partial charge in [-0.25, -0.2) is 13.6 Å². The number of methoxy groups -OCH3 is 1. The first-order valence-electron chi connectivity index (χ1n) is 6.24. The van der Waals surface area contributed by atoms with Crippen LogP contribution in [-0.4, -0.2) is 28.8 Å². The van der Waals surface area contributed by atoms with Crippen LogP contribution in [-0.2, 0) is 16.6 Å². The van der Waals surface area contributed by atoms with Gasteiger partial charge in [-0.05, 0) is 18.2 Å². The van der Waals surface area contributed by atoms with Crippen molar-refractivity contribution in [3.63, 3.8) is 0 Å². The highest BCUT2D eigenvalue weighted by Crippen LogP contribution is 2.20. The maximum absolute atomic E-state index is 13.8. The van der Waals surface area contributed by atoms with Crippen molar-refractivity contribution in [2.75, 3.05) is 7.11 Å². The maximum Gasteiger partial charge on any atom is 0.333 e. The molecule has 1 heterocycles. The molecule has 0 aliphatic rings. The molecule has 2 aromatic rings. The Morgan fingerprint density at radius 2 is 2.09 bits per heavy atom. The van der Waals surface area contributed by atoms with E-state index >= 15 is 0 Å². The lowest BCUT2D eigenvalue weighted by molar-refractivity contribution is -0.143. The first kappa shape index (κ1) is 15.6. The standard InChI is InChI=1S/C14H13F2N3O3/c1-19-7-8(6-17-19)13(20)18-12(14(21)22-2)10-5-9(15)3-4-11(10)16/h3-7,12H,1-2H3,(H,18,20). The minimum absolute atomic E-state index is 0.174. The van der Waals surface area contributed by atoms with Gasteiger partial charge in [0.1, 0.15) is 11.6 Å². The van der Waals surface area contributed by atoms with Gasteiger partial charge in [-0.3, -0.25) is 9.48 Å². The summed E-state index contributed by atoms with van der Waals surface area (Å²) in [5, 5.41) is 6.13. The molecule has 1 aromatic carbocycles. The Kier molecular flexibility index (Phi) is 4.50. The van der Waals surface area contributed by atoms with Crippen molar-refractivity contribution in [1.29, 1.82) is 0 Å². The first-order valence-corrected chi connectivity index (χ1v) is 6.24. The molecule has 1 N–H and O–H groups in total. The fourth-order valence-corrected chi connectivity index (χ4v) is 1.87. The van der Waals surface area contributed by atoms with Crippen molar-refractivity contribution in [3.05, 3.63) is 53.4 Å². The number of rotatable bonds is 4. The third-order valence-electron chi connectivity index (χ3n) is 2.95. The zero-order valence-corrected chi connectivity index (χ0v) is 11.8. The molecule has 0 saturated heterocycles. The van der Waals surface area contributed by atoms with Crippen LogP contribution in [0.1, 0.15) is 22.0 Å². The number of hydrogen-bond donors (Lipinski definition) is 1. The summed E-state index contributed by atoms with van der Waals surface area (Å²) in [5.74, 6) is -3.14. The Morgan fingerprint density at radius 1 is 1.36 bits per heavy atom. The lowest BCUT2D eigenvalue weighted by Gasteiger charge is -2.17. The fraction of sp³-hybridized carbons (Fsp3) is 0.214. The smallest absolute Gasteiger partial charge is 0.333 e. The molecule has 1 unspecified atom stereocenters. The van der Waals surface area contributed by atoms with E-state index in [1.54, 1.807) is 7.05 Å². The van der Waals surface area contributed by atoms with Crippen LogP contribution in [0.15, 0.2) is 30.6 Å². The van der Waals surface area contributed by atoms with Crippen LogP contribution in [0.3, 0.4) is 0 Å². The molecule has 0 fully saturated rings. The van der Waals surface area contributed by atoms with Gasteiger partial charge in [-0.2, -0.15) is 5.10 Å². The number of hydrogen-bond acceptors (Lipinski definition) is 4. The molecule has 22 heavy (non-hydrogen) atoms. The third kappa shape index (κ3) is 3.27. The van der Waals surface area contributed by atoms with Crippen molar-refractivity contribution in [2.24, 2.45) is 7.05 Å². The number of esters is 1. The summed E-state index contributed by atoms with van der Waals surface area (Å²) in [5.41, 5.74) is -0.141. The number of ether oxygens (including phenoxy) is 1. The highest BCUT2D eigenvalue weighted by molar-refractivity contribution is 5.96. The Balaban J connectivity index is 2.33. The van der Waals surface area contributed by atoms with Crippen LogP contribution in [0.5, 0.6) is 0 Å². The van der Waals surface area contributed by atoms with Gasteiger partial charge in [0.05, 0.1) is 18.9 Å². The van der Waals surface area contributed by atoms with Gasteiger partial charge in [0.25, 0.3) is 5.91 Å². The Labute approximate surface area is 124 Å². The van der Waals surface area contributed by atoms with Crippen LogP contribution >= 0.6 is 0 Å². The molecule has 6 nitrogen and oxygen atoms in total. The van der Waals surface area contributed by atoms with E-state index in [4.69, 9.17) is 0 Å². The van der Waals surface area contributed by atoms with Gasteiger partial charge in [0.2, 0.25) is 0 Å². The number of halogens is 2. The third-order valence-corrected chi connectivity index (χ3v) is 2.95. The number of carbonyl (C=O) groups excluding carboxylic acids is 2. The maximum atomic E-state index is 13.8. The summed E-state index contributed by atoms with van der Waals surface area (Å²) < 4.78 is 33.1. The lowest BCUT2D eigenvalue weighted by atomic mass is 10.1. The first-order chi connectivity index (χ1) is 10.4. The van der Waals surface area contributed by atoms with E-state index in [0.717, 1.165) is 25.3 Å². The quantitative estimate of drug-likeness (QED) is 0.865. The highest BCUT2D eigenvalue weighted by Gasteiger charge is 2.27. The molecular formula is C14H13F2N3O3. The molecule has 2 rings (SSSR count). The Hall–Kier alpha value is -2.77. The molecule has 0 saturated carbocycles. The molecule has 0 bridgehead atoms. The minimum Gasteiger partial charge on any atom is -0.467 e. The van der Waals surface area contributed by atoms with Crippen molar-refractivity contribution < 1.29 is 23.1 Å². The number of benzene rings is 1. The van der Waals surface area contributed by atoms with Crippen molar-refractivity contribution >= 4 is 11.9 Å². The van der Waals surface area contributed by atoms with Crippen molar-refractivity contribution in [3.8, 4) is 0 Å². The van der Waals surface area contributed by atoms with Gasteiger partial charge < -0.3 is 10.1 Å². The van der Waals surface area contributed by atoms with Crippen LogP contribution in [0.25, 0.3) is 0 Å². The predicted molar refractivity (Wildman–Crippen MR) is 71.8 cm³/mol. The monoisotopic (exact) mass is 309 g/mol. The second-order valence-electron chi connectivity index (χ2n) is 4.50. The lowest BCUT2D eigenvalue weighted by Crippen LogP contribution is -2.35. The number of nitrogens with zero attached hydrogens (tertiary/aromatic N) is 2. The van der Waals surface area contributed by atoms with Crippen molar-refractivity contribution in [1.82, 2.24) is 15.1 Å². The van der Waals surface area contributed by atoms with E-state index in [9.17, 15) is 18.4 Å². The number of aromatic nitrogens is 2. The summed E-state index contributed by atoms with van der Waals surface area (Å²) in [6.07, 6.45) is 2.71. The van der Waals surface area contributed by atoms with Crippen LogP contribution in [0.2, 0.25) is 0 Å². The molecule has 0 aliphatic heterocycles. The average Bonchev–Trinajstić information content (AvgIpc) is 2.93. The van der Waals surface area contributed by atoms with E-state index in [-0.39, 0.29) is 11.1 Å². The summed E-state index contributed by atoms with van der Waals surface area (Å²) in [4.78, 5) is 23.9. The van der Waals surface area contributed by atoms with Gasteiger partial charge in [-0.1, -0.05) is 0 Å². The largest absolute Gasteiger partial charge is 0.467 e. The minimum atomic E-state index is -1.46. The number of carbonyl (C=O) groups is 2. The molecule has 116 valence electrons. The Morgan fingerprint density at radius 3 is 2.68 bits per heavy atom. The van der Waals surface area contributed by atoms with E-state index in [0.29, 0.717) is 0 Å². The van der Waals surface area contributed by atoms with Gasteiger partial charge in [0.15, 0.2) is 6.04 Å². The van der Waals surface area contributed by atoms with Crippen LogP contribution in [0.4, 0.5) is 8.78 Å². The SMILES string of the molecule is COC(=O)C(NC(=O)c1cnn(C)c1)c1cc(F)ccc1F. The van der Waals surface area contributed by atoms with E-state index < -0.39 is 29.6 Å². The van der Waals surface area contributed by atoms with Crippen LogP contribution in [0, 0.1) is 11.6 Å². The fourth-order valence-electron chi connectivity index (χ4n) is 1.87. The summed E-state index contributed by atoms with van der Waals surface area (Å²) >= 11 is 0. The molecule has 1 atom stereocenters. The topological polar surface area (TPSA) is 73.2 Å². The number of nitrogens with one attached hydrogen (secondary N) is 1. The van der Waals surface area contributed by atoms with Gasteiger partial charge in [-0.15, -0.1) is 0 Å². The molecule has 1 amide bonds. The Bertz CT molecular complexity index is 715. The predicted octanol–water partition coefficient (Wildman–Crippen LogP) is 1.34. The average molecular weight is 309 g/mol. The summed E-state index contributed by atoms with van der Waals surface area (Å²) in [6.45, 7) is 0. The molecule has 0 aliphatic carbocycles. The van der Waals surface area contributed by atoms with E-state index in [1.807, 2.05) is 0 Å². The zero-order chi connectivity index (χ0) is 16.3. The molecule has 0 radical (unpaired) electrons. The molecule has 0 spiro atoms. The highest BCUT2D eigenvalue weighted by atomic mass is 19.1. The number of aryl methyl sites for hydroxylation is 1. The van der Waals surface area contributed by atoms with Gasteiger partial charge in [0, 0.05) is 18.8 Å². The van der Waals surface area contributed by atoms with Crippen LogP contribution < -0.4 is 5.32 Å². The van der Waals surface area contributed by atoms with Crippen molar-refractivity contribution in [2.45, 2.75) is 6.04 Å². The molecular weight excluding hydrogens is 296 g/mol. The summed E-state index contributed by atoms with van der Waals surface area (Å²) in [6, 6.07) is 1.15. The second-order valence-corrected chi connectivity index (χ2v) is 4.50. The number of amides is 1. The molecule has 8 heteroatoms. The second kappa shape index (κ2) is 6.33. The van der Waals surface area contributed by atoms with Gasteiger partial charge >= 0.3 is 5.97 Å². The normalized spacial score (nSPS) is 11.8. The summed E-state index contributed by atoms with van der Waals surface area (Å²) in [7, 11) is 2.70. The zero-order valence-electron chi connectivity index (χ0n) is 11.8. The van der Waals surface area contributed by atoms with E-state index in [2.05, 4.69) is 15.2 Å². The molecule has 1 aromatic heterocycles. The van der Waals surface area contributed by atoms with E-state index in [1.165, 1.54) is 17.1 Å².